The van der Waals surface area contributed by atoms with Crippen LogP contribution in [0.4, 0.5) is 4.39 Å². The normalized spacial score (nSPS) is 19.4. The molecule has 0 spiro atoms. The molecule has 0 amide bonds. The maximum Gasteiger partial charge on any atom is 0.139 e. The van der Waals surface area contributed by atoms with Gasteiger partial charge in [-0.3, -0.25) is 4.90 Å². The van der Waals surface area contributed by atoms with Crippen LogP contribution in [0.2, 0.25) is 0 Å². The second-order valence-electron chi connectivity index (χ2n) is 4.93. The molecule has 0 bridgehead atoms. The molecule has 1 aliphatic heterocycles. The Balaban J connectivity index is 1.98. The first-order valence-electron chi connectivity index (χ1n) is 6.41. The van der Waals surface area contributed by atoms with Crippen LogP contribution >= 0.6 is 0 Å². The van der Waals surface area contributed by atoms with E-state index in [-0.39, 0.29) is 11.9 Å². The molecule has 1 heterocycles. The first-order chi connectivity index (χ1) is 9.24. The molecule has 1 unspecified atom stereocenters. The van der Waals surface area contributed by atoms with Crippen LogP contribution in [0.15, 0.2) is 48.5 Å². The molecule has 2 aromatic rings. The number of fused-ring (bicyclic) bond motifs is 1. The fraction of sp³-hybridized carbons (Fsp3) is 0.250. The second-order valence-corrected chi connectivity index (χ2v) is 4.93. The Hall–Kier alpha value is -1.87. The van der Waals surface area contributed by atoms with Crippen LogP contribution in [0.3, 0.4) is 0 Å². The van der Waals surface area contributed by atoms with Crippen molar-refractivity contribution in [2.24, 2.45) is 0 Å². The minimum absolute atomic E-state index is 0.208. The van der Waals surface area contributed by atoms with Crippen molar-refractivity contribution in [2.75, 3.05) is 13.6 Å². The van der Waals surface area contributed by atoms with Crippen molar-refractivity contribution in [3.63, 3.8) is 0 Å². The third-order valence-corrected chi connectivity index (χ3v) is 3.41. The number of para-hydroxylation sites is 1. The van der Waals surface area contributed by atoms with E-state index in [1.165, 1.54) is 6.07 Å². The molecule has 0 N–H and O–H groups in total. The number of hydrogen-bond donors (Lipinski definition) is 0. The zero-order chi connectivity index (χ0) is 13.2. The molecule has 0 aromatic heterocycles. The standard InChI is InChI=1S/C16H16FNO/c1-18-10-12-6-2-5-9-15(12)19-16(11-18)13-7-3-4-8-14(13)17/h2-9,16H,10-11H2,1H3. The Labute approximate surface area is 112 Å². The molecular formula is C16H16FNO. The molecule has 1 atom stereocenters. The van der Waals surface area contributed by atoms with Gasteiger partial charge in [0.25, 0.3) is 0 Å². The molecule has 0 fully saturated rings. The Kier molecular flexibility index (Phi) is 3.22. The summed E-state index contributed by atoms with van der Waals surface area (Å²) >= 11 is 0. The van der Waals surface area contributed by atoms with E-state index < -0.39 is 0 Å². The SMILES string of the molecule is CN1Cc2ccccc2OC(c2ccccc2F)C1. The summed E-state index contributed by atoms with van der Waals surface area (Å²) in [6.07, 6.45) is -0.269. The van der Waals surface area contributed by atoms with Gasteiger partial charge >= 0.3 is 0 Å². The summed E-state index contributed by atoms with van der Waals surface area (Å²) in [5.41, 5.74) is 1.76. The summed E-state index contributed by atoms with van der Waals surface area (Å²) in [7, 11) is 2.03. The van der Waals surface area contributed by atoms with Gasteiger partial charge in [-0.1, -0.05) is 36.4 Å². The van der Waals surface area contributed by atoms with Crippen LogP contribution in [0.25, 0.3) is 0 Å². The average Bonchev–Trinajstić information content (AvgIpc) is 2.57. The van der Waals surface area contributed by atoms with Crippen LogP contribution in [-0.4, -0.2) is 18.5 Å². The molecule has 3 heteroatoms. The molecule has 0 saturated heterocycles. The van der Waals surface area contributed by atoms with Crippen molar-refractivity contribution in [2.45, 2.75) is 12.6 Å². The van der Waals surface area contributed by atoms with E-state index in [9.17, 15) is 4.39 Å². The Morgan fingerprint density at radius 1 is 1.11 bits per heavy atom. The minimum Gasteiger partial charge on any atom is -0.484 e. The number of nitrogens with zero attached hydrogens (tertiary/aromatic N) is 1. The summed E-state index contributed by atoms with van der Waals surface area (Å²) in [4.78, 5) is 2.16. The smallest absolute Gasteiger partial charge is 0.139 e. The van der Waals surface area contributed by atoms with Gasteiger partial charge in [0.05, 0.1) is 0 Å². The molecule has 2 nitrogen and oxygen atoms in total. The molecule has 0 radical (unpaired) electrons. The van der Waals surface area contributed by atoms with E-state index in [0.29, 0.717) is 12.1 Å². The Morgan fingerprint density at radius 3 is 2.68 bits per heavy atom. The highest BCUT2D eigenvalue weighted by molar-refractivity contribution is 5.35. The Bertz CT molecular complexity index is 584. The van der Waals surface area contributed by atoms with E-state index in [4.69, 9.17) is 4.74 Å². The van der Waals surface area contributed by atoms with Crippen LogP contribution in [0.1, 0.15) is 17.2 Å². The molecule has 0 saturated carbocycles. The van der Waals surface area contributed by atoms with Crippen molar-refractivity contribution in [3.05, 3.63) is 65.5 Å². The molecular weight excluding hydrogens is 241 g/mol. The van der Waals surface area contributed by atoms with E-state index >= 15 is 0 Å². The Morgan fingerprint density at radius 2 is 1.84 bits per heavy atom. The number of likely N-dealkylation sites (N-methyl/N-ethyl adjacent to an activating group) is 1. The van der Waals surface area contributed by atoms with Gasteiger partial charge in [0.2, 0.25) is 0 Å². The fourth-order valence-electron chi connectivity index (χ4n) is 2.48. The third-order valence-electron chi connectivity index (χ3n) is 3.41. The van der Waals surface area contributed by atoms with Crippen LogP contribution in [0, 0.1) is 5.82 Å². The van der Waals surface area contributed by atoms with E-state index in [2.05, 4.69) is 11.0 Å². The summed E-state index contributed by atoms with van der Waals surface area (Å²) in [5.74, 6) is 0.639. The largest absolute Gasteiger partial charge is 0.484 e. The molecule has 3 rings (SSSR count). The lowest BCUT2D eigenvalue weighted by Crippen LogP contribution is -2.24. The number of ether oxygens (including phenoxy) is 1. The van der Waals surface area contributed by atoms with Gasteiger partial charge in [-0.15, -0.1) is 0 Å². The first-order valence-corrected chi connectivity index (χ1v) is 6.41. The van der Waals surface area contributed by atoms with Crippen molar-refractivity contribution in [1.82, 2.24) is 4.90 Å². The lowest BCUT2D eigenvalue weighted by atomic mass is 10.1. The fourth-order valence-corrected chi connectivity index (χ4v) is 2.48. The van der Waals surface area contributed by atoms with Crippen molar-refractivity contribution in [3.8, 4) is 5.75 Å². The predicted molar refractivity (Wildman–Crippen MR) is 72.5 cm³/mol. The van der Waals surface area contributed by atoms with Gasteiger partial charge in [0.1, 0.15) is 17.7 Å². The van der Waals surface area contributed by atoms with Gasteiger partial charge in [-0.25, -0.2) is 4.39 Å². The summed E-state index contributed by atoms with van der Waals surface area (Å²) in [6.45, 7) is 1.50. The van der Waals surface area contributed by atoms with Gasteiger partial charge in [-0.2, -0.15) is 0 Å². The monoisotopic (exact) mass is 257 g/mol. The topological polar surface area (TPSA) is 12.5 Å². The predicted octanol–water partition coefficient (Wildman–Crippen LogP) is 3.39. The van der Waals surface area contributed by atoms with Crippen molar-refractivity contribution < 1.29 is 9.13 Å². The summed E-state index contributed by atoms with van der Waals surface area (Å²) in [6, 6.07) is 14.8. The lowest BCUT2D eigenvalue weighted by molar-refractivity contribution is 0.161. The van der Waals surface area contributed by atoms with Crippen molar-refractivity contribution in [1.29, 1.82) is 0 Å². The third kappa shape index (κ3) is 2.47. The van der Waals surface area contributed by atoms with E-state index in [1.807, 2.05) is 31.3 Å². The number of hydrogen-bond acceptors (Lipinski definition) is 2. The average molecular weight is 257 g/mol. The molecule has 2 aromatic carbocycles. The summed E-state index contributed by atoms with van der Waals surface area (Å²) in [5, 5.41) is 0. The molecule has 19 heavy (non-hydrogen) atoms. The number of rotatable bonds is 1. The van der Waals surface area contributed by atoms with Gasteiger partial charge in [0.15, 0.2) is 0 Å². The first kappa shape index (κ1) is 12.2. The maximum atomic E-state index is 13.9. The lowest BCUT2D eigenvalue weighted by Gasteiger charge is -2.21. The highest BCUT2D eigenvalue weighted by atomic mass is 19.1. The van der Waals surface area contributed by atoms with Gasteiger partial charge in [-0.05, 0) is 19.2 Å². The van der Waals surface area contributed by atoms with Crippen LogP contribution in [-0.2, 0) is 6.54 Å². The molecule has 98 valence electrons. The number of benzene rings is 2. The zero-order valence-electron chi connectivity index (χ0n) is 10.8. The van der Waals surface area contributed by atoms with Crippen LogP contribution in [0.5, 0.6) is 5.75 Å². The molecule has 1 aliphatic rings. The van der Waals surface area contributed by atoms with Crippen LogP contribution < -0.4 is 4.74 Å². The van der Waals surface area contributed by atoms with Crippen molar-refractivity contribution >= 4 is 0 Å². The van der Waals surface area contributed by atoms with E-state index in [0.717, 1.165) is 17.9 Å². The summed E-state index contributed by atoms with van der Waals surface area (Å²) < 4.78 is 19.9. The highest BCUT2D eigenvalue weighted by Gasteiger charge is 2.24. The van der Waals surface area contributed by atoms with Gasteiger partial charge in [0, 0.05) is 24.2 Å². The quantitative estimate of drug-likeness (QED) is 0.776. The second kappa shape index (κ2) is 5.02. The molecule has 0 aliphatic carbocycles. The minimum atomic E-state index is -0.269. The van der Waals surface area contributed by atoms with Gasteiger partial charge < -0.3 is 4.74 Å². The zero-order valence-corrected chi connectivity index (χ0v) is 10.8. The number of halogens is 1. The highest BCUT2D eigenvalue weighted by Crippen LogP contribution is 2.31. The van der Waals surface area contributed by atoms with E-state index in [1.54, 1.807) is 12.1 Å². The maximum absolute atomic E-state index is 13.9.